The van der Waals surface area contributed by atoms with Crippen molar-refractivity contribution in [3.05, 3.63) is 21.3 Å². The van der Waals surface area contributed by atoms with Crippen LogP contribution in [0.2, 0.25) is 0 Å². The van der Waals surface area contributed by atoms with Gasteiger partial charge in [0, 0.05) is 5.56 Å². The Morgan fingerprint density at radius 3 is 2.79 bits per heavy atom. The number of hydrogen-bond acceptors (Lipinski definition) is 3. The third kappa shape index (κ3) is 2.38. The molecule has 0 heterocycles. The molecule has 0 bridgehead atoms. The van der Waals surface area contributed by atoms with Crippen molar-refractivity contribution in [1.82, 2.24) is 0 Å². The summed E-state index contributed by atoms with van der Waals surface area (Å²) < 4.78 is 5.54. The summed E-state index contributed by atoms with van der Waals surface area (Å²) >= 11 is 5.04. The summed E-state index contributed by atoms with van der Waals surface area (Å²) in [6.07, 6.45) is 0. The molecule has 0 aliphatic rings. The van der Waals surface area contributed by atoms with Gasteiger partial charge in [0.15, 0.2) is 17.3 Å². The number of Topliss-reactive ketones (excluding diaryl/α,β-unsaturated/α-hetero) is 1. The van der Waals surface area contributed by atoms with Gasteiger partial charge in [-0.3, -0.25) is 4.79 Å². The van der Waals surface area contributed by atoms with E-state index >= 15 is 0 Å². The second-order valence-corrected chi connectivity index (χ2v) is 4.29. The molecule has 1 N–H and O–H groups in total. The van der Waals surface area contributed by atoms with Gasteiger partial charge in [-0.05, 0) is 34.7 Å². The van der Waals surface area contributed by atoms with Crippen molar-refractivity contribution >= 4 is 44.3 Å². The Morgan fingerprint density at radius 2 is 2.29 bits per heavy atom. The van der Waals surface area contributed by atoms with Crippen molar-refractivity contribution in [2.24, 2.45) is 0 Å². The lowest BCUT2D eigenvalue weighted by atomic mass is 10.1. The second kappa shape index (κ2) is 4.97. The summed E-state index contributed by atoms with van der Waals surface area (Å²) in [6.45, 7) is 0. The van der Waals surface area contributed by atoms with Crippen molar-refractivity contribution in [2.75, 3.05) is 12.4 Å². The van der Waals surface area contributed by atoms with Crippen molar-refractivity contribution in [3.8, 4) is 11.5 Å². The molecule has 0 saturated carbocycles. The van der Waals surface area contributed by atoms with Crippen LogP contribution in [0.3, 0.4) is 0 Å². The Balaban J connectivity index is 3.22. The molecule has 0 aliphatic carbocycles. The fraction of sp³-hybridized carbons (Fsp3) is 0.222. The quantitative estimate of drug-likeness (QED) is 0.505. The van der Waals surface area contributed by atoms with E-state index in [1.165, 1.54) is 13.2 Å². The summed E-state index contributed by atoms with van der Waals surface area (Å²) in [4.78, 5) is 11.4. The van der Waals surface area contributed by atoms with Crippen LogP contribution in [0.5, 0.6) is 11.5 Å². The number of aromatic hydroxyl groups is 1. The minimum atomic E-state index is -0.0405. The lowest BCUT2D eigenvalue weighted by Gasteiger charge is -2.07. The van der Waals surface area contributed by atoms with Crippen molar-refractivity contribution in [2.45, 2.75) is 0 Å². The maximum atomic E-state index is 11.4. The van der Waals surface area contributed by atoms with Gasteiger partial charge in [-0.15, -0.1) is 0 Å². The van der Waals surface area contributed by atoms with E-state index in [2.05, 4.69) is 15.9 Å². The predicted molar refractivity (Wildman–Crippen MR) is 65.5 cm³/mol. The van der Waals surface area contributed by atoms with E-state index in [1.807, 2.05) is 22.6 Å². The molecule has 76 valence electrons. The van der Waals surface area contributed by atoms with Gasteiger partial charge in [0.2, 0.25) is 0 Å². The highest BCUT2D eigenvalue weighted by atomic mass is 127. The molecule has 0 fully saturated rings. The number of hydrogen-bond donors (Lipinski definition) is 1. The first-order valence-electron chi connectivity index (χ1n) is 3.75. The molecule has 3 nitrogen and oxygen atoms in total. The average Bonchev–Trinajstić information content (AvgIpc) is 2.20. The van der Waals surface area contributed by atoms with E-state index in [4.69, 9.17) is 4.74 Å². The number of phenols is 1. The molecule has 1 aromatic carbocycles. The van der Waals surface area contributed by atoms with Gasteiger partial charge in [0.05, 0.1) is 16.0 Å². The van der Waals surface area contributed by atoms with Gasteiger partial charge in [0.1, 0.15) is 0 Å². The van der Waals surface area contributed by atoms with E-state index in [9.17, 15) is 9.90 Å². The molecule has 0 atom stereocenters. The largest absolute Gasteiger partial charge is 0.504 e. The Bertz CT molecular complexity index is 365. The monoisotopic (exact) mass is 370 g/mol. The lowest BCUT2D eigenvalue weighted by Crippen LogP contribution is -2.01. The fourth-order valence-corrected chi connectivity index (χ4v) is 1.89. The summed E-state index contributed by atoms with van der Waals surface area (Å²) in [6, 6.07) is 3.16. The highest BCUT2D eigenvalue weighted by Crippen LogP contribution is 2.32. The van der Waals surface area contributed by atoms with Crippen molar-refractivity contribution in [3.63, 3.8) is 0 Å². The minimum absolute atomic E-state index is 0.0405. The molecule has 0 aliphatic heterocycles. The molecule has 0 aromatic heterocycles. The number of ether oxygens (including phenoxy) is 1. The van der Waals surface area contributed by atoms with E-state index in [-0.39, 0.29) is 16.9 Å². The molecule has 0 spiro atoms. The van der Waals surface area contributed by atoms with Crippen LogP contribution in [0, 0.1) is 3.57 Å². The normalized spacial score (nSPS) is 9.93. The number of rotatable bonds is 3. The number of ketones is 1. The molecular weight excluding hydrogens is 363 g/mol. The molecule has 0 saturated heterocycles. The van der Waals surface area contributed by atoms with Gasteiger partial charge in [-0.1, -0.05) is 15.9 Å². The van der Waals surface area contributed by atoms with Crippen LogP contribution < -0.4 is 4.74 Å². The number of benzene rings is 1. The maximum Gasteiger partial charge on any atom is 0.173 e. The van der Waals surface area contributed by atoms with E-state index in [0.717, 1.165) is 0 Å². The van der Waals surface area contributed by atoms with Gasteiger partial charge in [-0.25, -0.2) is 0 Å². The second-order valence-electron chi connectivity index (χ2n) is 2.57. The SMILES string of the molecule is COc1cc(C(=O)CBr)cc(I)c1O. The van der Waals surface area contributed by atoms with Crippen LogP contribution in [0.15, 0.2) is 12.1 Å². The Morgan fingerprint density at radius 1 is 1.64 bits per heavy atom. The highest BCUT2D eigenvalue weighted by Gasteiger charge is 2.12. The zero-order valence-corrected chi connectivity index (χ0v) is 11.1. The van der Waals surface area contributed by atoms with Gasteiger partial charge >= 0.3 is 0 Å². The summed E-state index contributed by atoms with van der Waals surface area (Å²) in [5.74, 6) is 0.349. The smallest absolute Gasteiger partial charge is 0.173 e. The summed E-state index contributed by atoms with van der Waals surface area (Å²) in [7, 11) is 1.45. The first-order valence-corrected chi connectivity index (χ1v) is 5.95. The van der Waals surface area contributed by atoms with Gasteiger partial charge in [0.25, 0.3) is 0 Å². The van der Waals surface area contributed by atoms with Crippen LogP contribution in [0.25, 0.3) is 0 Å². The number of phenolic OH excluding ortho intramolecular Hbond substituents is 1. The zero-order valence-electron chi connectivity index (χ0n) is 7.38. The Hall–Kier alpha value is -0.300. The minimum Gasteiger partial charge on any atom is -0.504 e. The van der Waals surface area contributed by atoms with Crippen LogP contribution >= 0.6 is 38.5 Å². The maximum absolute atomic E-state index is 11.4. The highest BCUT2D eigenvalue weighted by molar-refractivity contribution is 14.1. The summed E-state index contributed by atoms with van der Waals surface area (Å²) in [5.41, 5.74) is 0.529. The molecule has 5 heteroatoms. The standard InChI is InChI=1S/C9H8BrIO3/c1-14-8-3-5(7(12)4-10)2-6(11)9(8)13/h2-3,13H,4H2,1H3. The number of alkyl halides is 1. The number of carbonyl (C=O) groups excluding carboxylic acids is 1. The van der Waals surface area contributed by atoms with Crippen LogP contribution in [0.1, 0.15) is 10.4 Å². The van der Waals surface area contributed by atoms with Crippen LogP contribution in [-0.4, -0.2) is 23.3 Å². The Labute approximate surface area is 104 Å². The van der Waals surface area contributed by atoms with E-state index < -0.39 is 0 Å². The molecular formula is C9H8BrIO3. The number of halogens is 2. The lowest BCUT2D eigenvalue weighted by molar-refractivity contribution is 0.102. The Kier molecular flexibility index (Phi) is 4.18. The molecule has 14 heavy (non-hydrogen) atoms. The average molecular weight is 371 g/mol. The van der Waals surface area contributed by atoms with Crippen LogP contribution in [-0.2, 0) is 0 Å². The van der Waals surface area contributed by atoms with E-state index in [0.29, 0.717) is 14.9 Å². The topological polar surface area (TPSA) is 46.5 Å². The molecule has 0 unspecified atom stereocenters. The third-order valence-corrected chi connectivity index (χ3v) is 3.02. The molecule has 0 amide bonds. The van der Waals surface area contributed by atoms with Crippen molar-refractivity contribution in [1.29, 1.82) is 0 Å². The van der Waals surface area contributed by atoms with Gasteiger partial charge in [-0.2, -0.15) is 0 Å². The molecule has 1 rings (SSSR count). The first kappa shape index (κ1) is 11.8. The number of carbonyl (C=O) groups is 1. The third-order valence-electron chi connectivity index (χ3n) is 1.69. The van der Waals surface area contributed by atoms with Gasteiger partial charge < -0.3 is 9.84 Å². The molecule has 0 radical (unpaired) electrons. The molecule has 1 aromatic rings. The predicted octanol–water partition coefficient (Wildman–Crippen LogP) is 2.58. The zero-order chi connectivity index (χ0) is 10.7. The van der Waals surface area contributed by atoms with E-state index in [1.54, 1.807) is 6.07 Å². The summed E-state index contributed by atoms with van der Waals surface area (Å²) in [5, 5.41) is 9.78. The van der Waals surface area contributed by atoms with Crippen LogP contribution in [0.4, 0.5) is 0 Å². The van der Waals surface area contributed by atoms with Crippen molar-refractivity contribution < 1.29 is 14.6 Å². The fourth-order valence-electron chi connectivity index (χ4n) is 0.968. The first-order chi connectivity index (χ1) is 6.60. The number of methoxy groups -OCH3 is 1.